The number of anilines is 4. The van der Waals surface area contributed by atoms with Gasteiger partial charge in [-0.3, -0.25) is 28.8 Å². The van der Waals surface area contributed by atoms with Gasteiger partial charge in [0.15, 0.2) is 11.6 Å². The highest BCUT2D eigenvalue weighted by Gasteiger charge is 2.27. The summed E-state index contributed by atoms with van der Waals surface area (Å²) in [4.78, 5) is 78.7. The number of ketones is 2. The van der Waals surface area contributed by atoms with Crippen LogP contribution in [0.5, 0.6) is 11.5 Å². The number of hydrogen-bond donors (Lipinski definition) is 4. The molecule has 0 saturated heterocycles. The number of amides is 4. The number of hydrogen-bond acceptors (Lipinski definition) is 12. The zero-order valence-electron chi connectivity index (χ0n) is 36.3. The van der Waals surface area contributed by atoms with Crippen molar-refractivity contribution in [1.82, 2.24) is 0 Å². The van der Waals surface area contributed by atoms with E-state index in [1.165, 1.54) is 68.8 Å². The van der Waals surface area contributed by atoms with E-state index in [1.807, 2.05) is 0 Å². The lowest BCUT2D eigenvalue weighted by Crippen LogP contribution is -2.32. The Morgan fingerprint density at radius 2 is 1.01 bits per heavy atom. The average Bonchev–Trinajstić information content (AvgIpc) is 3.29. The fourth-order valence-corrected chi connectivity index (χ4v) is 7.03. The summed E-state index contributed by atoms with van der Waals surface area (Å²) in [5.41, 5.74) is 3.23. The third kappa shape index (κ3) is 14.0. The fraction of sp³-hybridized carbons (Fsp3) is 0.217. The SMILES string of the molecule is COc1cc(CCl)cc(NC(=O)c2cc(N=NC(C(C)=O)C(=O)Nc3ccc(NC(=O)C(N=Nc4ccc(Cl)c(C(=O)Nc5cc(CCl)cc(OC)c5)c4)C(C)=O)c(C(C)Cl)c3)ccc2Cl)c1. The van der Waals surface area contributed by atoms with Gasteiger partial charge < -0.3 is 30.7 Å². The van der Waals surface area contributed by atoms with Crippen LogP contribution in [-0.4, -0.2) is 61.5 Å². The maximum Gasteiger partial charge on any atom is 0.258 e. The van der Waals surface area contributed by atoms with E-state index in [1.54, 1.807) is 43.3 Å². The minimum absolute atomic E-state index is 0.0351. The Hall–Kier alpha value is -6.43. The first-order valence-corrected chi connectivity index (χ1v) is 22.1. The number of benzene rings is 5. The van der Waals surface area contributed by atoms with E-state index >= 15 is 0 Å². The van der Waals surface area contributed by atoms with Crippen LogP contribution >= 0.6 is 58.0 Å². The Morgan fingerprint density at radius 1 is 0.567 bits per heavy atom. The van der Waals surface area contributed by atoms with Crippen LogP contribution in [0.15, 0.2) is 111 Å². The molecule has 0 spiro atoms. The second-order valence-electron chi connectivity index (χ2n) is 14.5. The van der Waals surface area contributed by atoms with Crippen molar-refractivity contribution in [2.45, 2.75) is 50.0 Å². The minimum atomic E-state index is -1.62. The summed E-state index contributed by atoms with van der Waals surface area (Å²) in [6.07, 6.45) is 0. The molecule has 4 amide bonds. The van der Waals surface area contributed by atoms with Gasteiger partial charge in [0.25, 0.3) is 23.6 Å². The number of nitrogens with one attached hydrogen (secondary N) is 4. The first kappa shape index (κ1) is 51.6. The highest BCUT2D eigenvalue weighted by Crippen LogP contribution is 2.32. The van der Waals surface area contributed by atoms with Crippen LogP contribution in [0.4, 0.5) is 34.1 Å². The number of ether oxygens (including phenoxy) is 2. The molecule has 348 valence electrons. The quantitative estimate of drug-likeness (QED) is 0.0353. The summed E-state index contributed by atoms with van der Waals surface area (Å²) in [6.45, 7) is 3.93. The van der Waals surface area contributed by atoms with Crippen LogP contribution in [0, 0.1) is 0 Å². The van der Waals surface area contributed by atoms with Gasteiger partial charge in [-0.05, 0) is 116 Å². The molecule has 0 radical (unpaired) electrons. The van der Waals surface area contributed by atoms with Crippen LogP contribution in [0.25, 0.3) is 0 Å². The normalized spacial score (nSPS) is 12.5. The van der Waals surface area contributed by atoms with Gasteiger partial charge in [0, 0.05) is 46.6 Å². The summed E-state index contributed by atoms with van der Waals surface area (Å²) >= 11 is 31.2. The molecule has 5 rings (SSSR count). The molecule has 21 heteroatoms. The lowest BCUT2D eigenvalue weighted by molar-refractivity contribution is -0.127. The molecule has 0 aliphatic heterocycles. The Morgan fingerprint density at radius 3 is 1.42 bits per heavy atom. The van der Waals surface area contributed by atoms with Gasteiger partial charge in [-0.2, -0.15) is 20.5 Å². The van der Waals surface area contributed by atoms with Crippen LogP contribution in [0.3, 0.4) is 0 Å². The van der Waals surface area contributed by atoms with Gasteiger partial charge in [0.1, 0.15) is 11.5 Å². The fourth-order valence-electron chi connectivity index (χ4n) is 6.13. The first-order valence-electron chi connectivity index (χ1n) is 19.8. The summed E-state index contributed by atoms with van der Waals surface area (Å²) in [5, 5.41) is 26.3. The van der Waals surface area contributed by atoms with E-state index in [-0.39, 0.29) is 55.7 Å². The summed E-state index contributed by atoms with van der Waals surface area (Å²) in [7, 11) is 2.96. The number of Topliss-reactive ketones (excluding diaryl/α,β-unsaturated/α-hetero) is 2. The molecule has 67 heavy (non-hydrogen) atoms. The van der Waals surface area contributed by atoms with Crippen molar-refractivity contribution in [3.63, 3.8) is 0 Å². The van der Waals surface area contributed by atoms with Crippen molar-refractivity contribution >= 4 is 127 Å². The summed E-state index contributed by atoms with van der Waals surface area (Å²) in [5.74, 6) is -2.83. The van der Waals surface area contributed by atoms with Gasteiger partial charge in [-0.15, -0.1) is 34.8 Å². The highest BCUT2D eigenvalue weighted by molar-refractivity contribution is 6.35. The predicted octanol–water partition coefficient (Wildman–Crippen LogP) is 11.7. The van der Waals surface area contributed by atoms with Crippen LogP contribution < -0.4 is 30.7 Å². The minimum Gasteiger partial charge on any atom is -0.497 e. The Balaban J connectivity index is 1.28. The predicted molar refractivity (Wildman–Crippen MR) is 260 cm³/mol. The number of nitrogens with zero attached hydrogens (tertiary/aromatic N) is 4. The Labute approximate surface area is 409 Å². The lowest BCUT2D eigenvalue weighted by Gasteiger charge is -2.17. The first-order chi connectivity index (χ1) is 31.9. The molecular formula is C46H41Cl5N8O8. The van der Waals surface area contributed by atoms with Gasteiger partial charge >= 0.3 is 0 Å². The molecule has 5 aromatic rings. The average molecular weight is 1010 g/mol. The molecule has 0 aliphatic rings. The second-order valence-corrected chi connectivity index (χ2v) is 16.5. The van der Waals surface area contributed by atoms with Gasteiger partial charge in [-0.25, -0.2) is 0 Å². The molecule has 0 saturated carbocycles. The molecule has 0 bridgehead atoms. The third-order valence-corrected chi connectivity index (χ3v) is 11.0. The molecular weight excluding hydrogens is 970 g/mol. The van der Waals surface area contributed by atoms with Gasteiger partial charge in [0.05, 0.1) is 52.1 Å². The third-order valence-electron chi connectivity index (χ3n) is 9.47. The lowest BCUT2D eigenvalue weighted by atomic mass is 10.1. The van der Waals surface area contributed by atoms with E-state index in [9.17, 15) is 28.8 Å². The number of alkyl halides is 3. The topological polar surface area (TPSA) is 218 Å². The van der Waals surface area contributed by atoms with E-state index in [0.29, 0.717) is 39.6 Å². The van der Waals surface area contributed by atoms with Gasteiger partial charge in [-0.1, -0.05) is 23.2 Å². The number of carbonyl (C=O) groups excluding carboxylic acids is 6. The molecule has 4 N–H and O–H groups in total. The monoisotopic (exact) mass is 1010 g/mol. The number of halogens is 5. The maximum atomic E-state index is 13.5. The van der Waals surface area contributed by atoms with E-state index in [4.69, 9.17) is 67.5 Å². The molecule has 3 unspecified atom stereocenters. The van der Waals surface area contributed by atoms with Gasteiger partial charge in [0.2, 0.25) is 12.1 Å². The molecule has 0 aliphatic carbocycles. The number of methoxy groups -OCH3 is 2. The molecule has 16 nitrogen and oxygen atoms in total. The summed E-state index contributed by atoms with van der Waals surface area (Å²) in [6, 6.07) is 19.5. The van der Waals surface area contributed by atoms with Crippen LogP contribution in [0.2, 0.25) is 10.0 Å². The molecule has 0 aromatic heterocycles. The molecule has 3 atom stereocenters. The maximum absolute atomic E-state index is 13.5. The Kier molecular flexibility index (Phi) is 18.3. The van der Waals surface area contributed by atoms with Crippen molar-refractivity contribution in [3.05, 3.63) is 129 Å². The van der Waals surface area contributed by atoms with Crippen molar-refractivity contribution in [1.29, 1.82) is 0 Å². The number of rotatable bonds is 19. The van der Waals surface area contributed by atoms with E-state index in [0.717, 1.165) is 13.8 Å². The van der Waals surface area contributed by atoms with Crippen LogP contribution in [0.1, 0.15) is 63.6 Å². The summed E-state index contributed by atoms with van der Waals surface area (Å²) < 4.78 is 10.6. The molecule has 0 fully saturated rings. The van der Waals surface area contributed by atoms with E-state index < -0.39 is 52.7 Å². The van der Waals surface area contributed by atoms with Crippen molar-refractivity contribution in [2.75, 3.05) is 35.5 Å². The Bertz CT molecular complexity index is 2740. The number of azo groups is 2. The molecule has 5 aromatic carbocycles. The largest absolute Gasteiger partial charge is 0.497 e. The van der Waals surface area contributed by atoms with Crippen molar-refractivity contribution < 1.29 is 38.2 Å². The highest BCUT2D eigenvalue weighted by atomic mass is 35.5. The van der Waals surface area contributed by atoms with Crippen LogP contribution in [-0.2, 0) is 30.9 Å². The molecule has 0 heterocycles. The second kappa shape index (κ2) is 23.8. The zero-order valence-corrected chi connectivity index (χ0v) is 40.0. The zero-order chi connectivity index (χ0) is 48.9. The van der Waals surface area contributed by atoms with Crippen molar-refractivity contribution in [3.8, 4) is 11.5 Å². The van der Waals surface area contributed by atoms with E-state index in [2.05, 4.69) is 41.7 Å². The standard InChI is InChI=1S/C46H41Cl5N8O8/c1-23(49)35-18-28(52-45(64)41(24(2)60)58-56-29-6-9-38(50)36(19-29)43(62)53-31-12-26(21-47)14-33(16-31)66-4)8-11-40(35)55-46(65)42(25(3)61)59-57-30-7-10-39(51)37(20-30)44(63)54-32-13-27(22-48)15-34(17-32)67-5/h6-20,23,41-42H,21-22H2,1-5H3,(H,52,64)(H,53,62)(H,54,63)(H,55,65). The smallest absolute Gasteiger partial charge is 0.258 e. The van der Waals surface area contributed by atoms with Crippen molar-refractivity contribution in [2.24, 2.45) is 20.5 Å². The number of carbonyl (C=O) groups is 6.